The van der Waals surface area contributed by atoms with E-state index in [1.54, 1.807) is 47.6 Å². The number of nitrogens with zero attached hydrogens (tertiary/aromatic N) is 2. The Morgan fingerprint density at radius 3 is 2.78 bits per heavy atom. The van der Waals surface area contributed by atoms with Crippen LogP contribution >= 0.6 is 0 Å². The molecule has 0 saturated carbocycles. The maximum absolute atomic E-state index is 14.4. The average molecular weight is 367 g/mol. The topological polar surface area (TPSA) is 65.8 Å². The van der Waals surface area contributed by atoms with Crippen molar-refractivity contribution in [3.8, 4) is 0 Å². The number of nitrogens with one attached hydrogen (secondary N) is 1. The monoisotopic (exact) mass is 367 g/mol. The zero-order chi connectivity index (χ0) is 19.0. The lowest BCUT2D eigenvalue weighted by Crippen LogP contribution is -2.47. The Morgan fingerprint density at radius 1 is 1.26 bits per heavy atom. The van der Waals surface area contributed by atoms with E-state index in [1.165, 1.54) is 11.0 Å². The van der Waals surface area contributed by atoms with Crippen molar-refractivity contribution >= 4 is 11.9 Å². The third-order valence-electron chi connectivity index (χ3n) is 4.75. The SMILES string of the molecule is C=CCN1C(=O)N[C@H](c2ccccc2F)C2=C1CN(Cc1ccco1)C2=O. The molecule has 1 aromatic heterocycles. The highest BCUT2D eigenvalue weighted by Gasteiger charge is 2.44. The first-order chi connectivity index (χ1) is 13.1. The molecule has 27 heavy (non-hydrogen) atoms. The first kappa shape index (κ1) is 17.1. The van der Waals surface area contributed by atoms with Crippen LogP contribution < -0.4 is 5.32 Å². The van der Waals surface area contributed by atoms with Gasteiger partial charge in [-0.3, -0.25) is 9.69 Å². The maximum Gasteiger partial charge on any atom is 0.322 e. The molecule has 1 atom stereocenters. The van der Waals surface area contributed by atoms with Gasteiger partial charge >= 0.3 is 6.03 Å². The summed E-state index contributed by atoms with van der Waals surface area (Å²) >= 11 is 0. The number of urea groups is 1. The molecule has 0 bridgehead atoms. The minimum absolute atomic E-state index is 0.247. The fourth-order valence-corrected chi connectivity index (χ4v) is 3.53. The van der Waals surface area contributed by atoms with Crippen LogP contribution in [0.25, 0.3) is 0 Å². The van der Waals surface area contributed by atoms with Gasteiger partial charge < -0.3 is 14.6 Å². The molecule has 1 aromatic carbocycles. The van der Waals surface area contributed by atoms with E-state index in [1.807, 2.05) is 0 Å². The lowest BCUT2D eigenvalue weighted by Gasteiger charge is -2.33. The molecule has 138 valence electrons. The predicted octanol–water partition coefficient (Wildman–Crippen LogP) is 2.97. The van der Waals surface area contributed by atoms with Gasteiger partial charge in [0.25, 0.3) is 5.91 Å². The van der Waals surface area contributed by atoms with Crippen LogP contribution in [0.15, 0.2) is 71.0 Å². The predicted molar refractivity (Wildman–Crippen MR) is 95.7 cm³/mol. The molecule has 2 aromatic rings. The molecule has 3 amide bonds. The summed E-state index contributed by atoms with van der Waals surface area (Å²) in [6.45, 7) is 4.46. The molecule has 1 N–H and O–H groups in total. The number of carbonyl (C=O) groups is 2. The van der Waals surface area contributed by atoms with E-state index in [-0.39, 0.29) is 37.1 Å². The number of hydrogen-bond acceptors (Lipinski definition) is 3. The van der Waals surface area contributed by atoms with E-state index < -0.39 is 11.9 Å². The summed E-state index contributed by atoms with van der Waals surface area (Å²) in [6, 6.07) is 8.47. The van der Waals surface area contributed by atoms with Crippen molar-refractivity contribution in [3.05, 3.63) is 83.7 Å². The summed E-state index contributed by atoms with van der Waals surface area (Å²) in [5.74, 6) is -0.0759. The van der Waals surface area contributed by atoms with Gasteiger partial charge in [-0.2, -0.15) is 0 Å². The van der Waals surface area contributed by atoms with Crippen molar-refractivity contribution in [2.24, 2.45) is 0 Å². The summed E-state index contributed by atoms with van der Waals surface area (Å²) in [5, 5.41) is 2.76. The summed E-state index contributed by atoms with van der Waals surface area (Å²) < 4.78 is 19.7. The van der Waals surface area contributed by atoms with Crippen LogP contribution in [-0.4, -0.2) is 34.8 Å². The molecular formula is C20H18FN3O3. The van der Waals surface area contributed by atoms with Gasteiger partial charge in [-0.1, -0.05) is 24.3 Å². The summed E-state index contributed by atoms with van der Waals surface area (Å²) in [6.07, 6.45) is 3.13. The van der Waals surface area contributed by atoms with Crippen LogP contribution in [0.4, 0.5) is 9.18 Å². The second-order valence-corrected chi connectivity index (χ2v) is 6.40. The summed E-state index contributed by atoms with van der Waals surface area (Å²) in [4.78, 5) is 28.8. The average Bonchev–Trinajstić information content (AvgIpc) is 3.27. The molecule has 0 aliphatic carbocycles. The van der Waals surface area contributed by atoms with Gasteiger partial charge in [-0.25, -0.2) is 9.18 Å². The number of amides is 3. The molecule has 0 radical (unpaired) electrons. The highest BCUT2D eigenvalue weighted by molar-refractivity contribution is 6.01. The van der Waals surface area contributed by atoms with E-state index in [0.717, 1.165) is 0 Å². The van der Waals surface area contributed by atoms with Gasteiger partial charge in [0, 0.05) is 12.1 Å². The van der Waals surface area contributed by atoms with Crippen LogP contribution in [0.3, 0.4) is 0 Å². The molecule has 2 aliphatic rings. The molecule has 6 nitrogen and oxygen atoms in total. The van der Waals surface area contributed by atoms with E-state index >= 15 is 0 Å². The van der Waals surface area contributed by atoms with Crippen LogP contribution in [0, 0.1) is 5.82 Å². The number of hydrogen-bond donors (Lipinski definition) is 1. The first-order valence-electron chi connectivity index (χ1n) is 8.58. The van der Waals surface area contributed by atoms with Gasteiger partial charge in [0.05, 0.1) is 36.7 Å². The van der Waals surface area contributed by atoms with E-state index in [0.29, 0.717) is 17.0 Å². The van der Waals surface area contributed by atoms with Crippen molar-refractivity contribution in [3.63, 3.8) is 0 Å². The summed E-state index contributed by atoms with van der Waals surface area (Å²) in [7, 11) is 0. The molecule has 0 fully saturated rings. The van der Waals surface area contributed by atoms with Crippen molar-refractivity contribution in [1.82, 2.24) is 15.1 Å². The number of benzene rings is 1. The van der Waals surface area contributed by atoms with Crippen molar-refractivity contribution in [2.45, 2.75) is 12.6 Å². The smallest absolute Gasteiger partial charge is 0.322 e. The Kier molecular flexibility index (Phi) is 4.27. The minimum Gasteiger partial charge on any atom is -0.467 e. The van der Waals surface area contributed by atoms with Crippen molar-refractivity contribution < 1.29 is 18.4 Å². The highest BCUT2D eigenvalue weighted by atomic mass is 19.1. The molecule has 3 heterocycles. The second-order valence-electron chi connectivity index (χ2n) is 6.40. The minimum atomic E-state index is -0.830. The molecule has 7 heteroatoms. The Hall–Kier alpha value is -3.35. The molecule has 4 rings (SSSR count). The fraction of sp³-hybridized carbons (Fsp3) is 0.200. The van der Waals surface area contributed by atoms with Crippen LogP contribution in [0.2, 0.25) is 0 Å². The van der Waals surface area contributed by atoms with Gasteiger partial charge in [-0.15, -0.1) is 6.58 Å². The Morgan fingerprint density at radius 2 is 2.07 bits per heavy atom. The van der Waals surface area contributed by atoms with Gasteiger partial charge in [0.15, 0.2) is 0 Å². The largest absolute Gasteiger partial charge is 0.467 e. The fourth-order valence-electron chi connectivity index (χ4n) is 3.53. The highest BCUT2D eigenvalue weighted by Crippen LogP contribution is 2.37. The normalized spacial score (nSPS) is 19.4. The Bertz CT molecular complexity index is 936. The molecule has 0 saturated heterocycles. The number of rotatable bonds is 5. The lowest BCUT2D eigenvalue weighted by atomic mass is 9.95. The third kappa shape index (κ3) is 2.91. The van der Waals surface area contributed by atoms with Crippen LogP contribution in [-0.2, 0) is 11.3 Å². The van der Waals surface area contributed by atoms with Crippen LogP contribution in [0.5, 0.6) is 0 Å². The van der Waals surface area contributed by atoms with E-state index in [2.05, 4.69) is 11.9 Å². The maximum atomic E-state index is 14.4. The molecule has 2 aliphatic heterocycles. The third-order valence-corrected chi connectivity index (χ3v) is 4.75. The van der Waals surface area contributed by atoms with Gasteiger partial charge in [-0.05, 0) is 18.2 Å². The molecular weight excluding hydrogens is 349 g/mol. The molecule has 0 spiro atoms. The standard InChI is InChI=1S/C20H18FN3O3/c1-2-9-24-16-12-23(11-13-6-5-10-27-13)19(25)17(16)18(22-20(24)26)14-7-3-4-8-15(14)21/h2-8,10,18H,1,9,11-12H2,(H,22,26)/t18-/m1/s1. The zero-order valence-electron chi connectivity index (χ0n) is 14.5. The van der Waals surface area contributed by atoms with Gasteiger partial charge in [0.1, 0.15) is 11.6 Å². The zero-order valence-corrected chi connectivity index (χ0v) is 14.5. The molecule has 0 unspecified atom stereocenters. The van der Waals surface area contributed by atoms with Gasteiger partial charge in [0.2, 0.25) is 0 Å². The van der Waals surface area contributed by atoms with Crippen molar-refractivity contribution in [2.75, 3.05) is 13.1 Å². The lowest BCUT2D eigenvalue weighted by molar-refractivity contribution is -0.126. The summed E-state index contributed by atoms with van der Waals surface area (Å²) in [5.41, 5.74) is 1.22. The Balaban J connectivity index is 1.74. The number of halogens is 1. The quantitative estimate of drug-likeness (QED) is 0.827. The second kappa shape index (κ2) is 6.75. The van der Waals surface area contributed by atoms with E-state index in [4.69, 9.17) is 4.42 Å². The number of carbonyl (C=O) groups excluding carboxylic acids is 2. The van der Waals surface area contributed by atoms with Crippen molar-refractivity contribution in [1.29, 1.82) is 0 Å². The van der Waals surface area contributed by atoms with Crippen LogP contribution in [0.1, 0.15) is 17.4 Å². The Labute approximate surface area is 155 Å². The van der Waals surface area contributed by atoms with E-state index in [9.17, 15) is 14.0 Å². The number of furan rings is 1. The first-order valence-corrected chi connectivity index (χ1v) is 8.58.